The lowest BCUT2D eigenvalue weighted by molar-refractivity contribution is -0.539. The van der Waals surface area contributed by atoms with Crippen LogP contribution in [-0.4, -0.2) is 11.2 Å². The van der Waals surface area contributed by atoms with E-state index < -0.39 is 0 Å². The van der Waals surface area contributed by atoms with Crippen molar-refractivity contribution in [3.8, 4) is 0 Å². The van der Waals surface area contributed by atoms with Crippen molar-refractivity contribution in [2.24, 2.45) is 0 Å². The van der Waals surface area contributed by atoms with Gasteiger partial charge in [0.15, 0.2) is 11.0 Å². The predicted molar refractivity (Wildman–Crippen MR) is 58.4 cm³/mol. The summed E-state index contributed by atoms with van der Waals surface area (Å²) in [5.74, 6) is 0. The van der Waals surface area contributed by atoms with E-state index in [2.05, 4.69) is 31.1 Å². The molecule has 72 valence electrons. The zero-order valence-electron chi connectivity index (χ0n) is 8.27. The van der Waals surface area contributed by atoms with Gasteiger partial charge in [0.1, 0.15) is 0 Å². The Kier molecular flexibility index (Phi) is 2.23. The van der Waals surface area contributed by atoms with E-state index in [9.17, 15) is 0 Å². The minimum atomic E-state index is 0.899. The number of nitrogens with one attached hydrogen (secondary N) is 1. The molecule has 0 atom stereocenters. The first-order valence-electron chi connectivity index (χ1n) is 4.74. The number of para-hydroxylation sites is 2. The lowest BCUT2D eigenvalue weighted by Gasteiger charge is -1.95. The van der Waals surface area contributed by atoms with Gasteiger partial charge in [0.2, 0.25) is 0 Å². The lowest BCUT2D eigenvalue weighted by Crippen LogP contribution is -2.24. The Hall–Kier alpha value is -1.77. The molecular formula is C11H14N3+. The van der Waals surface area contributed by atoms with E-state index in [-0.39, 0.29) is 0 Å². The van der Waals surface area contributed by atoms with Crippen molar-refractivity contribution < 1.29 is 4.57 Å². The van der Waals surface area contributed by atoms with Crippen LogP contribution in [0.2, 0.25) is 0 Å². The van der Waals surface area contributed by atoms with Crippen molar-refractivity contribution in [3.63, 3.8) is 0 Å². The molecule has 14 heavy (non-hydrogen) atoms. The lowest BCUT2D eigenvalue weighted by atomic mass is 10.3. The molecule has 1 N–H and O–H groups in total. The monoisotopic (exact) mass is 188 g/mol. The fourth-order valence-electron chi connectivity index (χ4n) is 1.58. The molecule has 0 amide bonds. The third-order valence-corrected chi connectivity index (χ3v) is 2.18. The Balaban J connectivity index is 2.66. The summed E-state index contributed by atoms with van der Waals surface area (Å²) in [5.41, 5.74) is 5.57. The van der Waals surface area contributed by atoms with Crippen LogP contribution in [0.4, 0.5) is 0 Å². The molecule has 0 radical (unpaired) electrons. The van der Waals surface area contributed by atoms with Gasteiger partial charge in [0.05, 0.1) is 6.20 Å². The van der Waals surface area contributed by atoms with Gasteiger partial charge in [-0.1, -0.05) is 18.7 Å². The molecule has 0 aliphatic heterocycles. The minimum absolute atomic E-state index is 0.899. The van der Waals surface area contributed by atoms with E-state index in [1.54, 1.807) is 6.20 Å². The maximum atomic E-state index is 3.78. The number of hydrogen-bond acceptors (Lipinski definition) is 1. The summed E-state index contributed by atoms with van der Waals surface area (Å²) in [4.78, 5) is 0. The molecular weight excluding hydrogens is 174 g/mol. The van der Waals surface area contributed by atoms with Crippen molar-refractivity contribution in [3.05, 3.63) is 37.2 Å². The molecule has 3 nitrogen and oxygen atoms in total. The zero-order chi connectivity index (χ0) is 9.97. The topological polar surface area (TPSA) is 20.8 Å². The maximum Gasteiger partial charge on any atom is 0.273 e. The first-order chi connectivity index (χ1) is 6.86. The van der Waals surface area contributed by atoms with Crippen molar-refractivity contribution in [2.75, 3.05) is 12.0 Å². The Morgan fingerprint density at radius 3 is 3.00 bits per heavy atom. The number of fused-ring (bicyclic) bond motifs is 1. The first kappa shape index (κ1) is 8.81. The van der Waals surface area contributed by atoms with Gasteiger partial charge in [0.25, 0.3) is 6.33 Å². The number of nitrogens with zero attached hydrogens (tertiary/aromatic N) is 2. The molecule has 1 heterocycles. The van der Waals surface area contributed by atoms with Crippen molar-refractivity contribution in [1.29, 1.82) is 0 Å². The van der Waals surface area contributed by atoms with E-state index in [1.807, 2.05) is 27.7 Å². The molecule has 2 rings (SSSR count). The van der Waals surface area contributed by atoms with Crippen LogP contribution >= 0.6 is 0 Å². The van der Waals surface area contributed by atoms with Gasteiger partial charge in [-0.25, -0.2) is 4.57 Å². The Bertz CT molecular complexity index is 457. The third-order valence-electron chi connectivity index (χ3n) is 2.18. The van der Waals surface area contributed by atoms with Gasteiger partial charge in [-0.3, -0.25) is 5.43 Å². The second-order valence-corrected chi connectivity index (χ2v) is 3.08. The Labute approximate surface area is 83.3 Å². The molecule has 0 spiro atoms. The third kappa shape index (κ3) is 1.27. The van der Waals surface area contributed by atoms with Gasteiger partial charge in [-0.2, -0.15) is 0 Å². The molecule has 1 aromatic carbocycles. The summed E-state index contributed by atoms with van der Waals surface area (Å²) in [5, 5.41) is 0. The highest BCUT2D eigenvalue weighted by Gasteiger charge is 2.11. The molecule has 0 unspecified atom stereocenters. The van der Waals surface area contributed by atoms with Gasteiger partial charge in [-0.05, 0) is 19.1 Å². The number of imidazole rings is 1. The standard InChI is InChI=1S/C11H14N3/c1-3-12-14-9-13(4-2)10-7-5-6-8-11(10)14/h4-9,12H,2-3H2,1H3/q+1. The van der Waals surface area contributed by atoms with Crippen LogP contribution in [0.25, 0.3) is 17.2 Å². The van der Waals surface area contributed by atoms with Crippen LogP contribution in [0.1, 0.15) is 6.92 Å². The average molecular weight is 188 g/mol. The molecule has 0 aliphatic carbocycles. The van der Waals surface area contributed by atoms with Crippen molar-refractivity contribution in [1.82, 2.24) is 4.68 Å². The maximum absolute atomic E-state index is 3.78. The minimum Gasteiger partial charge on any atom is -0.256 e. The Morgan fingerprint density at radius 1 is 1.50 bits per heavy atom. The van der Waals surface area contributed by atoms with E-state index in [4.69, 9.17) is 0 Å². The van der Waals surface area contributed by atoms with Gasteiger partial charge in [-0.15, -0.1) is 4.68 Å². The summed E-state index contributed by atoms with van der Waals surface area (Å²) < 4.78 is 4.01. The summed E-state index contributed by atoms with van der Waals surface area (Å²) in [7, 11) is 0. The van der Waals surface area contributed by atoms with Gasteiger partial charge >= 0.3 is 0 Å². The van der Waals surface area contributed by atoms with Crippen molar-refractivity contribution >= 4 is 17.2 Å². The van der Waals surface area contributed by atoms with Crippen LogP contribution in [0.15, 0.2) is 37.2 Å². The van der Waals surface area contributed by atoms with Crippen LogP contribution < -0.4 is 9.99 Å². The van der Waals surface area contributed by atoms with Crippen LogP contribution in [0.3, 0.4) is 0 Å². The highest BCUT2D eigenvalue weighted by atomic mass is 15.4. The average Bonchev–Trinajstić information content (AvgIpc) is 2.58. The van der Waals surface area contributed by atoms with E-state index in [0.717, 1.165) is 17.6 Å². The molecule has 0 saturated heterocycles. The molecule has 2 aromatic rings. The summed E-state index contributed by atoms with van der Waals surface area (Å²) in [6, 6.07) is 8.21. The summed E-state index contributed by atoms with van der Waals surface area (Å²) in [6.07, 6.45) is 3.79. The van der Waals surface area contributed by atoms with Crippen LogP contribution in [0, 0.1) is 0 Å². The van der Waals surface area contributed by atoms with E-state index >= 15 is 0 Å². The number of benzene rings is 1. The SMILES string of the molecule is C=C[n+]1cn(NCC)c2ccccc21. The highest BCUT2D eigenvalue weighted by Crippen LogP contribution is 2.08. The quantitative estimate of drug-likeness (QED) is 0.725. The molecule has 3 heteroatoms. The first-order valence-corrected chi connectivity index (χ1v) is 4.74. The number of hydrogen-bond donors (Lipinski definition) is 1. The molecule has 0 fully saturated rings. The molecule has 0 bridgehead atoms. The van der Waals surface area contributed by atoms with Gasteiger partial charge in [0, 0.05) is 6.54 Å². The number of rotatable bonds is 3. The second kappa shape index (κ2) is 3.54. The zero-order valence-corrected chi connectivity index (χ0v) is 8.27. The molecule has 0 aliphatic rings. The van der Waals surface area contributed by atoms with E-state index in [1.165, 1.54) is 0 Å². The van der Waals surface area contributed by atoms with Gasteiger partial charge < -0.3 is 0 Å². The predicted octanol–water partition coefficient (Wildman–Crippen LogP) is 1.59. The normalized spacial score (nSPS) is 10.4. The fourth-order valence-corrected chi connectivity index (χ4v) is 1.58. The largest absolute Gasteiger partial charge is 0.273 e. The molecule has 1 aromatic heterocycles. The summed E-state index contributed by atoms with van der Waals surface area (Å²) in [6.45, 7) is 6.75. The van der Waals surface area contributed by atoms with Crippen LogP contribution in [0.5, 0.6) is 0 Å². The second-order valence-electron chi connectivity index (χ2n) is 3.08. The molecule has 0 saturated carbocycles. The smallest absolute Gasteiger partial charge is 0.256 e. The Morgan fingerprint density at radius 2 is 2.29 bits per heavy atom. The van der Waals surface area contributed by atoms with Crippen molar-refractivity contribution in [2.45, 2.75) is 6.92 Å². The van der Waals surface area contributed by atoms with E-state index in [0.29, 0.717) is 0 Å². The summed E-state index contributed by atoms with van der Waals surface area (Å²) >= 11 is 0. The van der Waals surface area contributed by atoms with Crippen LogP contribution in [-0.2, 0) is 0 Å². The highest BCUT2D eigenvalue weighted by molar-refractivity contribution is 5.72. The fraction of sp³-hybridized carbons (Fsp3) is 0.182. The number of aromatic nitrogens is 2.